The first-order chi connectivity index (χ1) is 7.40. The molecule has 2 saturated heterocycles. The molecule has 2 aliphatic rings. The molecule has 0 aliphatic carbocycles. The van der Waals surface area contributed by atoms with Gasteiger partial charge in [0.25, 0.3) is 0 Å². The van der Waals surface area contributed by atoms with Gasteiger partial charge in [-0.05, 0) is 45.7 Å². The number of nitrogens with zero attached hydrogens (tertiary/aromatic N) is 2. The van der Waals surface area contributed by atoms with Gasteiger partial charge in [0, 0.05) is 19.1 Å². The van der Waals surface area contributed by atoms with Crippen molar-refractivity contribution in [2.75, 3.05) is 32.8 Å². The second-order valence-electron chi connectivity index (χ2n) is 4.67. The molecule has 3 heteroatoms. The Hall–Kier alpha value is -0.120. The summed E-state index contributed by atoms with van der Waals surface area (Å²) >= 11 is 0. The SMILES string of the molecule is CCON1CCC(N2CCCCC2)CC1. The van der Waals surface area contributed by atoms with E-state index in [1.807, 2.05) is 0 Å². The molecule has 2 fully saturated rings. The Balaban J connectivity index is 1.72. The number of hydroxylamine groups is 2. The van der Waals surface area contributed by atoms with Crippen LogP contribution in [0.3, 0.4) is 0 Å². The van der Waals surface area contributed by atoms with Crippen molar-refractivity contribution in [3.05, 3.63) is 0 Å². The van der Waals surface area contributed by atoms with Crippen LogP contribution in [0.25, 0.3) is 0 Å². The summed E-state index contributed by atoms with van der Waals surface area (Å²) in [5.74, 6) is 0. The summed E-state index contributed by atoms with van der Waals surface area (Å²) < 4.78 is 0. The molecule has 3 nitrogen and oxygen atoms in total. The molecular formula is C12H24N2O. The lowest BCUT2D eigenvalue weighted by molar-refractivity contribution is -0.171. The minimum Gasteiger partial charge on any atom is -0.300 e. The highest BCUT2D eigenvalue weighted by Gasteiger charge is 2.25. The molecule has 0 radical (unpaired) electrons. The molecule has 0 unspecified atom stereocenters. The van der Waals surface area contributed by atoms with Gasteiger partial charge in [0.15, 0.2) is 0 Å². The number of likely N-dealkylation sites (tertiary alicyclic amines) is 1. The van der Waals surface area contributed by atoms with Crippen molar-refractivity contribution in [3.8, 4) is 0 Å². The first kappa shape index (κ1) is 11.4. The van der Waals surface area contributed by atoms with Gasteiger partial charge in [0.05, 0.1) is 6.61 Å². The summed E-state index contributed by atoms with van der Waals surface area (Å²) in [4.78, 5) is 8.23. The summed E-state index contributed by atoms with van der Waals surface area (Å²) in [6.07, 6.45) is 6.84. The monoisotopic (exact) mass is 212 g/mol. The highest BCUT2D eigenvalue weighted by molar-refractivity contribution is 4.79. The topological polar surface area (TPSA) is 15.7 Å². The van der Waals surface area contributed by atoms with Crippen molar-refractivity contribution >= 4 is 0 Å². The van der Waals surface area contributed by atoms with Crippen LogP contribution in [0.5, 0.6) is 0 Å². The van der Waals surface area contributed by atoms with Gasteiger partial charge in [-0.15, -0.1) is 0 Å². The molecule has 0 amide bonds. The lowest BCUT2D eigenvalue weighted by Crippen LogP contribution is -2.46. The van der Waals surface area contributed by atoms with E-state index in [-0.39, 0.29) is 0 Å². The normalized spacial score (nSPS) is 27.0. The molecule has 88 valence electrons. The van der Waals surface area contributed by atoms with E-state index in [2.05, 4.69) is 16.9 Å². The summed E-state index contributed by atoms with van der Waals surface area (Å²) in [6, 6.07) is 0.835. The van der Waals surface area contributed by atoms with Gasteiger partial charge < -0.3 is 4.90 Å². The molecule has 0 bridgehead atoms. The van der Waals surface area contributed by atoms with E-state index >= 15 is 0 Å². The van der Waals surface area contributed by atoms with E-state index < -0.39 is 0 Å². The van der Waals surface area contributed by atoms with Gasteiger partial charge >= 0.3 is 0 Å². The van der Waals surface area contributed by atoms with Crippen molar-refractivity contribution in [2.45, 2.75) is 45.1 Å². The molecular weight excluding hydrogens is 188 g/mol. The van der Waals surface area contributed by atoms with Crippen molar-refractivity contribution in [1.29, 1.82) is 0 Å². The van der Waals surface area contributed by atoms with Gasteiger partial charge in [-0.1, -0.05) is 6.42 Å². The van der Waals surface area contributed by atoms with Crippen molar-refractivity contribution in [3.63, 3.8) is 0 Å². The van der Waals surface area contributed by atoms with Crippen molar-refractivity contribution in [2.24, 2.45) is 0 Å². The number of hydrogen-bond donors (Lipinski definition) is 0. The molecule has 2 rings (SSSR count). The Labute approximate surface area is 93.3 Å². The Morgan fingerprint density at radius 2 is 1.67 bits per heavy atom. The van der Waals surface area contributed by atoms with Crippen LogP contribution in [-0.2, 0) is 4.84 Å². The predicted molar refractivity (Wildman–Crippen MR) is 61.6 cm³/mol. The fourth-order valence-corrected chi connectivity index (χ4v) is 2.80. The Morgan fingerprint density at radius 3 is 2.27 bits per heavy atom. The number of hydrogen-bond acceptors (Lipinski definition) is 3. The molecule has 0 atom stereocenters. The lowest BCUT2D eigenvalue weighted by Gasteiger charge is -2.39. The first-order valence-corrected chi connectivity index (χ1v) is 6.52. The fourth-order valence-electron chi connectivity index (χ4n) is 2.80. The van der Waals surface area contributed by atoms with E-state index in [0.717, 1.165) is 25.7 Å². The van der Waals surface area contributed by atoms with E-state index in [0.29, 0.717) is 0 Å². The minimum absolute atomic E-state index is 0.814. The zero-order chi connectivity index (χ0) is 10.5. The molecule has 2 aliphatic heterocycles. The van der Waals surface area contributed by atoms with E-state index in [1.165, 1.54) is 45.2 Å². The van der Waals surface area contributed by atoms with Gasteiger partial charge in [0.2, 0.25) is 0 Å². The predicted octanol–water partition coefficient (Wildman–Crippen LogP) is 1.89. The summed E-state index contributed by atoms with van der Waals surface area (Å²) in [5.41, 5.74) is 0. The number of rotatable bonds is 3. The smallest absolute Gasteiger partial charge is 0.0656 e. The second kappa shape index (κ2) is 5.83. The standard InChI is InChI=1S/C12H24N2O/c1-2-15-14-10-6-12(7-11-14)13-8-4-3-5-9-13/h12H,2-11H2,1H3. The second-order valence-corrected chi connectivity index (χ2v) is 4.67. The summed E-state index contributed by atoms with van der Waals surface area (Å²) in [5, 5.41) is 2.14. The molecule has 0 saturated carbocycles. The van der Waals surface area contributed by atoms with Gasteiger partial charge in [-0.25, -0.2) is 0 Å². The van der Waals surface area contributed by atoms with Crippen LogP contribution in [-0.4, -0.2) is 48.8 Å². The maximum Gasteiger partial charge on any atom is 0.0656 e. The molecule has 0 spiro atoms. The van der Waals surface area contributed by atoms with Crippen LogP contribution in [0.4, 0.5) is 0 Å². The van der Waals surface area contributed by atoms with E-state index in [1.54, 1.807) is 0 Å². The third kappa shape index (κ3) is 3.16. The zero-order valence-corrected chi connectivity index (χ0v) is 9.95. The summed E-state index contributed by atoms with van der Waals surface area (Å²) in [7, 11) is 0. The molecule has 0 aromatic rings. The van der Waals surface area contributed by atoms with Crippen LogP contribution in [0.15, 0.2) is 0 Å². The largest absolute Gasteiger partial charge is 0.300 e. The molecule has 2 heterocycles. The minimum atomic E-state index is 0.814. The van der Waals surface area contributed by atoms with Crippen molar-refractivity contribution < 1.29 is 4.84 Å². The van der Waals surface area contributed by atoms with Crippen LogP contribution in [0, 0.1) is 0 Å². The van der Waals surface area contributed by atoms with E-state index in [9.17, 15) is 0 Å². The fraction of sp³-hybridized carbons (Fsp3) is 1.00. The Morgan fingerprint density at radius 1 is 1.00 bits per heavy atom. The third-order valence-electron chi connectivity index (χ3n) is 3.64. The van der Waals surface area contributed by atoms with E-state index in [4.69, 9.17) is 4.84 Å². The highest BCUT2D eigenvalue weighted by atomic mass is 16.7. The first-order valence-electron chi connectivity index (χ1n) is 6.52. The average Bonchev–Trinajstić information content (AvgIpc) is 2.32. The van der Waals surface area contributed by atoms with Crippen LogP contribution >= 0.6 is 0 Å². The van der Waals surface area contributed by atoms with Crippen molar-refractivity contribution in [1.82, 2.24) is 9.96 Å². The number of piperidine rings is 2. The maximum absolute atomic E-state index is 5.53. The molecule has 15 heavy (non-hydrogen) atoms. The van der Waals surface area contributed by atoms with Crippen LogP contribution in [0.2, 0.25) is 0 Å². The Kier molecular flexibility index (Phi) is 4.42. The molecule has 0 aromatic heterocycles. The quantitative estimate of drug-likeness (QED) is 0.710. The lowest BCUT2D eigenvalue weighted by atomic mass is 10.0. The molecule has 0 N–H and O–H groups in total. The van der Waals surface area contributed by atoms with Gasteiger partial charge in [-0.3, -0.25) is 4.84 Å². The summed E-state index contributed by atoms with van der Waals surface area (Å²) in [6.45, 7) is 7.79. The maximum atomic E-state index is 5.53. The van der Waals surface area contributed by atoms with Crippen LogP contribution < -0.4 is 0 Å². The van der Waals surface area contributed by atoms with Crippen LogP contribution in [0.1, 0.15) is 39.0 Å². The highest BCUT2D eigenvalue weighted by Crippen LogP contribution is 2.20. The zero-order valence-electron chi connectivity index (χ0n) is 9.95. The Bertz CT molecular complexity index is 172. The average molecular weight is 212 g/mol. The molecule has 0 aromatic carbocycles. The van der Waals surface area contributed by atoms with Gasteiger partial charge in [0.1, 0.15) is 0 Å². The third-order valence-corrected chi connectivity index (χ3v) is 3.64. The van der Waals surface area contributed by atoms with Gasteiger partial charge in [-0.2, -0.15) is 5.06 Å².